The molecule has 2 N–H and O–H groups in total. The van der Waals surface area contributed by atoms with Crippen molar-refractivity contribution in [1.29, 1.82) is 0 Å². The maximum absolute atomic E-state index is 10.5. The highest BCUT2D eigenvalue weighted by molar-refractivity contribution is 5.76. The summed E-state index contributed by atoms with van der Waals surface area (Å²) in [5.41, 5.74) is 5.03. The van der Waals surface area contributed by atoms with E-state index >= 15 is 0 Å². The molecular formula is C8H13NO. The predicted molar refractivity (Wildman–Crippen MR) is 41.0 cm³/mol. The van der Waals surface area contributed by atoms with E-state index in [1.54, 1.807) is 0 Å². The molecular weight excluding hydrogens is 126 g/mol. The van der Waals surface area contributed by atoms with E-state index in [2.05, 4.69) is 5.92 Å². The van der Waals surface area contributed by atoms with Gasteiger partial charge in [-0.3, -0.25) is 4.79 Å². The van der Waals surface area contributed by atoms with E-state index in [0.29, 0.717) is 0 Å². The second-order valence-corrected chi connectivity index (χ2v) is 2.40. The zero-order chi connectivity index (χ0) is 7.98. The normalized spacial score (nSPS) is 12.0. The topological polar surface area (TPSA) is 43.1 Å². The van der Waals surface area contributed by atoms with E-state index in [1.807, 2.05) is 6.92 Å². The highest BCUT2D eigenvalue weighted by atomic mass is 16.1. The number of amides is 1. The second kappa shape index (κ2) is 4.87. The Morgan fingerprint density at radius 1 is 1.80 bits per heavy atom. The van der Waals surface area contributed by atoms with Crippen LogP contribution in [-0.2, 0) is 4.79 Å². The summed E-state index contributed by atoms with van der Waals surface area (Å²) < 4.78 is 0. The van der Waals surface area contributed by atoms with Crippen LogP contribution in [0.4, 0.5) is 0 Å². The summed E-state index contributed by atoms with van der Waals surface area (Å²) in [6.45, 7) is 1.82. The zero-order valence-corrected chi connectivity index (χ0v) is 6.26. The molecule has 0 bridgehead atoms. The summed E-state index contributed by atoms with van der Waals surface area (Å²) >= 11 is 0. The zero-order valence-electron chi connectivity index (χ0n) is 6.26. The Morgan fingerprint density at radius 2 is 2.40 bits per heavy atom. The Balaban J connectivity index is 3.32. The number of carbonyl (C=O) groups excluding carboxylic acids is 1. The molecule has 0 rings (SSSR count). The third kappa shape index (κ3) is 3.96. The van der Waals surface area contributed by atoms with Crippen LogP contribution in [0.1, 0.15) is 26.2 Å². The number of hydrogen-bond donors (Lipinski definition) is 1. The molecule has 0 heterocycles. The first kappa shape index (κ1) is 9.03. The molecule has 0 aliphatic carbocycles. The number of nitrogens with two attached hydrogens (primary N) is 1. The molecule has 0 aromatic carbocycles. The third-order valence-electron chi connectivity index (χ3n) is 1.44. The molecule has 0 aromatic rings. The van der Waals surface area contributed by atoms with Gasteiger partial charge >= 0.3 is 0 Å². The van der Waals surface area contributed by atoms with Crippen LogP contribution in [0.15, 0.2) is 0 Å². The van der Waals surface area contributed by atoms with E-state index in [0.717, 1.165) is 19.3 Å². The highest BCUT2D eigenvalue weighted by Gasteiger charge is 2.06. The molecule has 56 valence electrons. The fraction of sp³-hybridized carbons (Fsp3) is 0.625. The van der Waals surface area contributed by atoms with Crippen LogP contribution in [-0.4, -0.2) is 5.91 Å². The quantitative estimate of drug-likeness (QED) is 0.456. The predicted octanol–water partition coefficient (Wildman–Crippen LogP) is 0.911. The lowest BCUT2D eigenvalue weighted by atomic mass is 10.0. The molecule has 2 nitrogen and oxygen atoms in total. The summed E-state index contributed by atoms with van der Waals surface area (Å²) in [5, 5.41) is 0. The number of primary amides is 1. The summed E-state index contributed by atoms with van der Waals surface area (Å²) in [4.78, 5) is 10.5. The molecule has 0 saturated heterocycles. The van der Waals surface area contributed by atoms with Gasteiger partial charge in [0, 0.05) is 12.3 Å². The smallest absolute Gasteiger partial charge is 0.220 e. The standard InChI is InChI=1S/C8H13NO/c1-3-4-5-6-7(2)8(9)10/h1,7H,4-6H2,2H3,(H2,9,10). The van der Waals surface area contributed by atoms with E-state index < -0.39 is 0 Å². The largest absolute Gasteiger partial charge is 0.369 e. The Kier molecular flexibility index (Phi) is 4.39. The summed E-state index contributed by atoms with van der Waals surface area (Å²) in [7, 11) is 0. The molecule has 1 amide bonds. The van der Waals surface area contributed by atoms with Gasteiger partial charge in [0.15, 0.2) is 0 Å². The number of hydrogen-bond acceptors (Lipinski definition) is 1. The van der Waals surface area contributed by atoms with Crippen molar-refractivity contribution in [2.45, 2.75) is 26.2 Å². The van der Waals surface area contributed by atoms with Crippen molar-refractivity contribution in [2.75, 3.05) is 0 Å². The molecule has 0 aliphatic heterocycles. The van der Waals surface area contributed by atoms with Crippen LogP contribution in [0.3, 0.4) is 0 Å². The van der Waals surface area contributed by atoms with Gasteiger partial charge in [-0.1, -0.05) is 6.92 Å². The maximum Gasteiger partial charge on any atom is 0.220 e. The van der Waals surface area contributed by atoms with Crippen molar-refractivity contribution in [3.05, 3.63) is 0 Å². The lowest BCUT2D eigenvalue weighted by molar-refractivity contribution is -0.121. The fourth-order valence-corrected chi connectivity index (χ4v) is 0.653. The van der Waals surface area contributed by atoms with Crippen LogP contribution in [0.5, 0.6) is 0 Å². The molecule has 0 radical (unpaired) electrons. The Bertz CT molecular complexity index is 146. The first-order chi connectivity index (χ1) is 4.68. The summed E-state index contributed by atoms with van der Waals surface area (Å²) in [6.07, 6.45) is 7.45. The number of unbranched alkanes of at least 4 members (excludes halogenated alkanes) is 1. The van der Waals surface area contributed by atoms with E-state index in [1.165, 1.54) is 0 Å². The van der Waals surface area contributed by atoms with Crippen molar-refractivity contribution < 1.29 is 4.79 Å². The van der Waals surface area contributed by atoms with Gasteiger partial charge in [-0.25, -0.2) is 0 Å². The van der Waals surface area contributed by atoms with Gasteiger partial charge in [-0.05, 0) is 12.8 Å². The highest BCUT2D eigenvalue weighted by Crippen LogP contribution is 2.05. The van der Waals surface area contributed by atoms with Gasteiger partial charge in [-0.15, -0.1) is 12.3 Å². The minimum Gasteiger partial charge on any atom is -0.369 e. The van der Waals surface area contributed by atoms with Gasteiger partial charge in [-0.2, -0.15) is 0 Å². The SMILES string of the molecule is C#CCCCC(C)C(N)=O. The second-order valence-electron chi connectivity index (χ2n) is 2.40. The van der Waals surface area contributed by atoms with Gasteiger partial charge in [0.2, 0.25) is 5.91 Å². The van der Waals surface area contributed by atoms with Crippen molar-refractivity contribution in [3.63, 3.8) is 0 Å². The lowest BCUT2D eigenvalue weighted by Crippen LogP contribution is -2.20. The van der Waals surface area contributed by atoms with Crippen molar-refractivity contribution in [3.8, 4) is 12.3 Å². The van der Waals surface area contributed by atoms with Gasteiger partial charge in [0.1, 0.15) is 0 Å². The van der Waals surface area contributed by atoms with Crippen molar-refractivity contribution >= 4 is 5.91 Å². The Hall–Kier alpha value is -0.970. The van der Waals surface area contributed by atoms with Crippen molar-refractivity contribution in [1.82, 2.24) is 0 Å². The van der Waals surface area contributed by atoms with Gasteiger partial charge < -0.3 is 5.73 Å². The average Bonchev–Trinajstić information content (AvgIpc) is 1.88. The molecule has 0 aliphatic rings. The molecule has 0 spiro atoms. The molecule has 1 unspecified atom stereocenters. The van der Waals surface area contributed by atoms with Gasteiger partial charge in [0.05, 0.1) is 0 Å². The Labute approximate surface area is 61.8 Å². The van der Waals surface area contributed by atoms with E-state index in [-0.39, 0.29) is 11.8 Å². The number of carbonyl (C=O) groups is 1. The molecule has 0 saturated carbocycles. The minimum atomic E-state index is -0.239. The maximum atomic E-state index is 10.5. The van der Waals surface area contributed by atoms with Crippen LogP contribution in [0.25, 0.3) is 0 Å². The molecule has 10 heavy (non-hydrogen) atoms. The van der Waals surface area contributed by atoms with Crippen LogP contribution < -0.4 is 5.73 Å². The van der Waals surface area contributed by atoms with Crippen molar-refractivity contribution in [2.24, 2.45) is 11.7 Å². The van der Waals surface area contributed by atoms with E-state index in [9.17, 15) is 4.79 Å². The number of terminal acetylenes is 1. The van der Waals surface area contributed by atoms with Crippen LogP contribution >= 0.6 is 0 Å². The minimum absolute atomic E-state index is 0.0339. The number of rotatable bonds is 4. The molecule has 1 atom stereocenters. The summed E-state index contributed by atoms with van der Waals surface area (Å²) in [5.74, 6) is 2.24. The first-order valence-corrected chi connectivity index (χ1v) is 3.41. The Morgan fingerprint density at radius 3 is 2.80 bits per heavy atom. The van der Waals surface area contributed by atoms with Gasteiger partial charge in [0.25, 0.3) is 0 Å². The summed E-state index contributed by atoms with van der Waals surface area (Å²) in [6, 6.07) is 0. The third-order valence-corrected chi connectivity index (χ3v) is 1.44. The molecule has 2 heteroatoms. The first-order valence-electron chi connectivity index (χ1n) is 3.41. The lowest BCUT2D eigenvalue weighted by Gasteiger charge is -2.03. The average molecular weight is 139 g/mol. The molecule has 0 fully saturated rings. The van der Waals surface area contributed by atoms with E-state index in [4.69, 9.17) is 12.2 Å². The van der Waals surface area contributed by atoms with Crippen LogP contribution in [0, 0.1) is 18.3 Å². The van der Waals surface area contributed by atoms with Crippen LogP contribution in [0.2, 0.25) is 0 Å². The molecule has 0 aromatic heterocycles. The monoisotopic (exact) mass is 139 g/mol. The fourth-order valence-electron chi connectivity index (χ4n) is 0.653.